The highest BCUT2D eigenvalue weighted by Gasteiger charge is 2.52. The van der Waals surface area contributed by atoms with Crippen molar-refractivity contribution in [3.63, 3.8) is 0 Å². The molecule has 1 heterocycles. The second kappa shape index (κ2) is 8.58. The van der Waals surface area contributed by atoms with Crippen LogP contribution in [0.25, 0.3) is 0 Å². The number of carbonyl (C=O) groups excluding carboxylic acids is 1. The number of ether oxygens (including phenoxy) is 2. The van der Waals surface area contributed by atoms with Gasteiger partial charge in [-0.3, -0.25) is 4.90 Å². The van der Waals surface area contributed by atoms with Crippen LogP contribution in [0.15, 0.2) is 36.4 Å². The van der Waals surface area contributed by atoms with E-state index in [1.54, 1.807) is 14.2 Å². The number of likely N-dealkylation sites (N-methyl/N-ethyl adjacent to an activating group) is 1. The zero-order chi connectivity index (χ0) is 23.0. The third-order valence-electron chi connectivity index (χ3n) is 7.23. The van der Waals surface area contributed by atoms with E-state index in [0.29, 0.717) is 24.3 Å². The lowest BCUT2D eigenvalue weighted by Crippen LogP contribution is -2.54. The Morgan fingerprint density at radius 2 is 1.88 bits per heavy atom. The molecule has 32 heavy (non-hydrogen) atoms. The lowest BCUT2D eigenvalue weighted by atomic mass is 9.64. The molecule has 0 bridgehead atoms. The molecule has 0 radical (unpaired) electrons. The van der Waals surface area contributed by atoms with Crippen LogP contribution < -0.4 is 20.1 Å². The molecular formula is C24H29F2N3O3. The van der Waals surface area contributed by atoms with E-state index in [4.69, 9.17) is 15.2 Å². The van der Waals surface area contributed by atoms with E-state index in [-0.39, 0.29) is 23.2 Å². The van der Waals surface area contributed by atoms with Gasteiger partial charge in [-0.05, 0) is 69.1 Å². The summed E-state index contributed by atoms with van der Waals surface area (Å²) in [7, 11) is 5.29. The normalized spacial score (nSPS) is 25.3. The van der Waals surface area contributed by atoms with Crippen LogP contribution in [-0.2, 0) is 5.41 Å². The zero-order valence-corrected chi connectivity index (χ0v) is 18.6. The molecule has 3 atom stereocenters. The van der Waals surface area contributed by atoms with Crippen molar-refractivity contribution >= 4 is 11.7 Å². The monoisotopic (exact) mass is 445 g/mol. The van der Waals surface area contributed by atoms with Gasteiger partial charge in [0.1, 0.15) is 11.6 Å². The van der Waals surface area contributed by atoms with Crippen LogP contribution in [0.4, 0.5) is 19.3 Å². The first-order valence-electron chi connectivity index (χ1n) is 10.8. The van der Waals surface area contributed by atoms with Crippen molar-refractivity contribution in [3.05, 3.63) is 53.6 Å². The van der Waals surface area contributed by atoms with Crippen LogP contribution in [0.2, 0.25) is 0 Å². The molecule has 2 aromatic rings. The minimum Gasteiger partial charge on any atom is -0.493 e. The Labute approximate surface area is 186 Å². The van der Waals surface area contributed by atoms with Gasteiger partial charge in [-0.2, -0.15) is 0 Å². The molecule has 172 valence electrons. The van der Waals surface area contributed by atoms with E-state index < -0.39 is 17.7 Å². The van der Waals surface area contributed by atoms with Gasteiger partial charge in [0.25, 0.3) is 0 Å². The first-order chi connectivity index (χ1) is 15.3. The number of nitrogens with two attached hydrogens (primary N) is 1. The van der Waals surface area contributed by atoms with E-state index in [0.717, 1.165) is 43.1 Å². The molecule has 1 saturated heterocycles. The number of carbonyl (C=O) groups is 1. The quantitative estimate of drug-likeness (QED) is 0.754. The van der Waals surface area contributed by atoms with Crippen LogP contribution in [0.3, 0.4) is 0 Å². The molecule has 1 aliphatic carbocycles. The van der Waals surface area contributed by atoms with Crippen molar-refractivity contribution in [2.24, 2.45) is 5.73 Å². The number of benzene rings is 2. The molecular weight excluding hydrogens is 416 g/mol. The number of urea groups is 1. The number of hydrogen-bond donors (Lipinski definition) is 1. The number of fused-ring (bicyclic) bond motifs is 1. The molecule has 8 heteroatoms. The van der Waals surface area contributed by atoms with Crippen molar-refractivity contribution in [3.8, 4) is 11.5 Å². The van der Waals surface area contributed by atoms with Crippen molar-refractivity contribution in [1.29, 1.82) is 0 Å². The highest BCUT2D eigenvalue weighted by atomic mass is 19.1. The SMILES string of the molecule is COc1ccc([C@@]23CC[C@@H](N(C(N)=O)c4cc(F)ccc4F)C[C@@H]2N(C)CC3)cc1OC. The summed E-state index contributed by atoms with van der Waals surface area (Å²) >= 11 is 0. The summed E-state index contributed by atoms with van der Waals surface area (Å²) in [6, 6.07) is 8.12. The molecule has 0 spiro atoms. The van der Waals surface area contributed by atoms with Gasteiger partial charge >= 0.3 is 6.03 Å². The van der Waals surface area contributed by atoms with Crippen molar-refractivity contribution in [2.75, 3.05) is 32.7 Å². The average molecular weight is 446 g/mol. The molecule has 2 amide bonds. The number of anilines is 1. The largest absolute Gasteiger partial charge is 0.493 e. The molecule has 2 aromatic carbocycles. The van der Waals surface area contributed by atoms with Gasteiger partial charge in [-0.1, -0.05) is 6.07 Å². The Bertz CT molecular complexity index is 1020. The summed E-state index contributed by atoms with van der Waals surface area (Å²) in [4.78, 5) is 15.9. The van der Waals surface area contributed by atoms with Crippen LogP contribution in [0.5, 0.6) is 11.5 Å². The third kappa shape index (κ3) is 3.66. The molecule has 4 rings (SSSR count). The van der Waals surface area contributed by atoms with Gasteiger partial charge in [0.05, 0.1) is 19.9 Å². The standard InChI is InChI=1S/C24H29F2N3O3/c1-28-11-10-24(15-4-7-20(31-2)21(12-15)32-3)9-8-17(14-22(24)28)29(23(27)30)19-13-16(25)5-6-18(19)26/h4-7,12-13,17,22H,8-11,14H2,1-3H3,(H2,27,30)/t17-,22+,24+/m1/s1. The Hall–Kier alpha value is -2.87. The Morgan fingerprint density at radius 1 is 1.12 bits per heavy atom. The van der Waals surface area contributed by atoms with Crippen LogP contribution in [-0.4, -0.2) is 50.8 Å². The summed E-state index contributed by atoms with van der Waals surface area (Å²) in [6.07, 6.45) is 2.96. The maximum absolute atomic E-state index is 14.5. The van der Waals surface area contributed by atoms with Crippen molar-refractivity contribution in [1.82, 2.24) is 4.90 Å². The second-order valence-electron chi connectivity index (χ2n) is 8.70. The van der Waals surface area contributed by atoms with Crippen molar-refractivity contribution in [2.45, 2.75) is 43.2 Å². The summed E-state index contributed by atoms with van der Waals surface area (Å²) in [5, 5.41) is 0. The maximum atomic E-state index is 14.5. The number of rotatable bonds is 5. The number of hydrogen-bond acceptors (Lipinski definition) is 4. The molecule has 0 unspecified atom stereocenters. The van der Waals surface area contributed by atoms with Gasteiger partial charge in [-0.25, -0.2) is 13.6 Å². The van der Waals surface area contributed by atoms with Gasteiger partial charge in [0.2, 0.25) is 0 Å². The maximum Gasteiger partial charge on any atom is 0.319 e. The van der Waals surface area contributed by atoms with Crippen molar-refractivity contribution < 1.29 is 23.0 Å². The molecule has 2 N–H and O–H groups in total. The predicted octanol–water partition coefficient (Wildman–Crippen LogP) is 4.06. The van der Waals surface area contributed by atoms with Gasteiger partial charge in [-0.15, -0.1) is 0 Å². The Kier molecular flexibility index (Phi) is 5.99. The summed E-state index contributed by atoms with van der Waals surface area (Å²) in [5.41, 5.74) is 6.58. The fourth-order valence-corrected chi connectivity index (χ4v) is 5.64. The Balaban J connectivity index is 1.69. The first kappa shape index (κ1) is 22.3. The molecule has 2 fully saturated rings. The third-order valence-corrected chi connectivity index (χ3v) is 7.23. The van der Waals surface area contributed by atoms with E-state index in [1.807, 2.05) is 12.1 Å². The number of halogens is 2. The van der Waals surface area contributed by atoms with E-state index in [9.17, 15) is 13.6 Å². The van der Waals surface area contributed by atoms with E-state index >= 15 is 0 Å². The highest BCUT2D eigenvalue weighted by Crippen LogP contribution is 2.51. The highest BCUT2D eigenvalue weighted by molar-refractivity contribution is 5.91. The van der Waals surface area contributed by atoms with Crippen LogP contribution >= 0.6 is 0 Å². The van der Waals surface area contributed by atoms with E-state index in [2.05, 4.69) is 18.0 Å². The van der Waals surface area contributed by atoms with Gasteiger partial charge in [0.15, 0.2) is 11.5 Å². The van der Waals surface area contributed by atoms with Gasteiger partial charge < -0.3 is 20.1 Å². The minimum absolute atomic E-state index is 0.109. The van der Waals surface area contributed by atoms with Crippen LogP contribution in [0, 0.1) is 11.6 Å². The number of amides is 2. The summed E-state index contributed by atoms with van der Waals surface area (Å²) in [6.45, 7) is 0.899. The fourth-order valence-electron chi connectivity index (χ4n) is 5.64. The number of methoxy groups -OCH3 is 2. The predicted molar refractivity (Wildman–Crippen MR) is 118 cm³/mol. The fraction of sp³-hybridized carbons (Fsp3) is 0.458. The summed E-state index contributed by atoms with van der Waals surface area (Å²) in [5.74, 6) is 0.0731. The lowest BCUT2D eigenvalue weighted by Gasteiger charge is -2.47. The lowest BCUT2D eigenvalue weighted by molar-refractivity contribution is 0.163. The molecule has 1 saturated carbocycles. The van der Waals surface area contributed by atoms with Crippen LogP contribution in [0.1, 0.15) is 31.2 Å². The zero-order valence-electron chi connectivity index (χ0n) is 18.6. The van der Waals surface area contributed by atoms with E-state index in [1.165, 1.54) is 4.90 Å². The minimum atomic E-state index is -0.779. The topological polar surface area (TPSA) is 68.0 Å². The number of nitrogens with zero attached hydrogens (tertiary/aromatic N) is 2. The molecule has 6 nitrogen and oxygen atoms in total. The smallest absolute Gasteiger partial charge is 0.319 e. The van der Waals surface area contributed by atoms with Gasteiger partial charge in [0, 0.05) is 23.6 Å². The number of likely N-dealkylation sites (tertiary alicyclic amines) is 1. The average Bonchev–Trinajstić information content (AvgIpc) is 3.13. The number of primary amides is 1. The first-order valence-corrected chi connectivity index (χ1v) is 10.8. The molecule has 1 aliphatic heterocycles. The Morgan fingerprint density at radius 3 is 2.56 bits per heavy atom. The second-order valence-corrected chi connectivity index (χ2v) is 8.70. The molecule has 0 aromatic heterocycles. The summed E-state index contributed by atoms with van der Waals surface area (Å²) < 4.78 is 39.3. The molecule has 2 aliphatic rings.